The Hall–Kier alpha value is -2.31. The Balaban J connectivity index is 2.24. The molecule has 0 aliphatic carbocycles. The van der Waals surface area contributed by atoms with E-state index in [-0.39, 0.29) is 18.1 Å². The van der Waals surface area contributed by atoms with E-state index < -0.39 is 5.97 Å². The van der Waals surface area contributed by atoms with Gasteiger partial charge in [0.05, 0.1) is 0 Å². The number of carboxylic acid groups (broad SMARTS) is 1. The molecule has 7 nitrogen and oxygen atoms in total. The molecule has 0 fully saturated rings. The van der Waals surface area contributed by atoms with E-state index in [1.165, 1.54) is 0 Å². The van der Waals surface area contributed by atoms with Crippen LogP contribution in [0.25, 0.3) is 11.6 Å². The lowest BCUT2D eigenvalue weighted by molar-refractivity contribution is -0.136. The number of aromatic nitrogens is 4. The van der Waals surface area contributed by atoms with E-state index in [1.807, 2.05) is 6.92 Å². The first kappa shape index (κ1) is 10.2. The molecule has 0 amide bonds. The average Bonchev–Trinajstić information content (AvgIpc) is 2.66. The van der Waals surface area contributed by atoms with Gasteiger partial charge in [-0.3, -0.25) is 4.79 Å². The Morgan fingerprint density at radius 3 is 2.69 bits per heavy atom. The van der Waals surface area contributed by atoms with Gasteiger partial charge in [-0.15, -0.1) is 0 Å². The summed E-state index contributed by atoms with van der Waals surface area (Å²) in [7, 11) is 0. The van der Waals surface area contributed by atoms with Crippen molar-refractivity contribution in [3.63, 3.8) is 0 Å². The molecule has 82 valence electrons. The minimum atomic E-state index is -1.03. The van der Waals surface area contributed by atoms with E-state index in [1.54, 1.807) is 12.4 Å². The maximum absolute atomic E-state index is 10.4. The smallest absolute Gasteiger partial charge is 0.312 e. The Bertz CT molecular complexity index is 506. The summed E-state index contributed by atoms with van der Waals surface area (Å²) in [6.45, 7) is 1.86. The lowest BCUT2D eigenvalue weighted by Gasteiger charge is -1.92. The number of carboxylic acids is 1. The van der Waals surface area contributed by atoms with E-state index in [2.05, 4.69) is 20.1 Å². The van der Waals surface area contributed by atoms with Crippen molar-refractivity contribution >= 4 is 5.97 Å². The Kier molecular flexibility index (Phi) is 2.59. The maximum atomic E-state index is 10.4. The Labute approximate surface area is 90.2 Å². The van der Waals surface area contributed by atoms with Gasteiger partial charge in [-0.25, -0.2) is 9.97 Å². The average molecular weight is 220 g/mol. The summed E-state index contributed by atoms with van der Waals surface area (Å²) in [5.41, 5.74) is 0.915. The third-order valence-electron chi connectivity index (χ3n) is 1.75. The molecule has 1 N–H and O–H groups in total. The fourth-order valence-corrected chi connectivity index (χ4v) is 1.05. The van der Waals surface area contributed by atoms with E-state index in [9.17, 15) is 4.79 Å². The van der Waals surface area contributed by atoms with Crippen LogP contribution in [0.4, 0.5) is 0 Å². The lowest BCUT2D eigenvalue weighted by atomic mass is 10.4. The molecule has 0 saturated carbocycles. The Morgan fingerprint density at radius 1 is 1.38 bits per heavy atom. The highest BCUT2D eigenvalue weighted by molar-refractivity contribution is 5.68. The molecule has 0 atom stereocenters. The summed E-state index contributed by atoms with van der Waals surface area (Å²) >= 11 is 0. The van der Waals surface area contributed by atoms with Gasteiger partial charge < -0.3 is 9.63 Å². The van der Waals surface area contributed by atoms with Crippen LogP contribution in [0.15, 0.2) is 16.9 Å². The van der Waals surface area contributed by atoms with Crippen LogP contribution in [0.2, 0.25) is 0 Å². The second-order valence-corrected chi connectivity index (χ2v) is 3.17. The van der Waals surface area contributed by atoms with Gasteiger partial charge in [0.1, 0.15) is 6.42 Å². The molecule has 7 heteroatoms. The zero-order valence-corrected chi connectivity index (χ0v) is 8.41. The first-order valence-electron chi connectivity index (χ1n) is 4.48. The predicted octanol–water partition coefficient (Wildman–Crippen LogP) is 0.462. The van der Waals surface area contributed by atoms with Crippen LogP contribution >= 0.6 is 0 Å². The topological polar surface area (TPSA) is 102 Å². The first-order valence-corrected chi connectivity index (χ1v) is 4.48. The third kappa shape index (κ3) is 2.19. The van der Waals surface area contributed by atoms with Gasteiger partial charge in [0.2, 0.25) is 17.5 Å². The molecular weight excluding hydrogens is 212 g/mol. The highest BCUT2D eigenvalue weighted by Gasteiger charge is 2.13. The largest absolute Gasteiger partial charge is 0.481 e. The lowest BCUT2D eigenvalue weighted by Crippen LogP contribution is -2.00. The quantitative estimate of drug-likeness (QED) is 0.801. The van der Waals surface area contributed by atoms with Crippen LogP contribution in [0, 0.1) is 6.92 Å². The van der Waals surface area contributed by atoms with Crippen molar-refractivity contribution in [1.82, 2.24) is 20.1 Å². The molecule has 0 bridgehead atoms. The molecule has 0 saturated heterocycles. The summed E-state index contributed by atoms with van der Waals surface area (Å²) in [5, 5.41) is 12.1. The molecule has 2 rings (SSSR count). The summed E-state index contributed by atoms with van der Waals surface area (Å²) in [5.74, 6) is -0.492. The van der Waals surface area contributed by atoms with Gasteiger partial charge in [-0.1, -0.05) is 5.16 Å². The SMILES string of the molecule is Cc1cnc(-c2noc(CC(=O)O)n2)nc1. The molecule has 0 aromatic carbocycles. The molecule has 0 aliphatic rings. The second kappa shape index (κ2) is 4.05. The van der Waals surface area contributed by atoms with Crippen LogP contribution in [0.1, 0.15) is 11.5 Å². The molecular formula is C9H8N4O3. The molecule has 2 aromatic heterocycles. The normalized spacial score (nSPS) is 10.3. The zero-order valence-electron chi connectivity index (χ0n) is 8.41. The van der Waals surface area contributed by atoms with Crippen molar-refractivity contribution in [3.8, 4) is 11.6 Å². The van der Waals surface area contributed by atoms with Crippen molar-refractivity contribution in [2.75, 3.05) is 0 Å². The highest BCUT2D eigenvalue weighted by atomic mass is 16.5. The van der Waals surface area contributed by atoms with Crippen molar-refractivity contribution in [3.05, 3.63) is 23.8 Å². The van der Waals surface area contributed by atoms with E-state index >= 15 is 0 Å². The molecule has 0 unspecified atom stereocenters. The fraction of sp³-hybridized carbons (Fsp3) is 0.222. The summed E-state index contributed by atoms with van der Waals surface area (Å²) < 4.78 is 4.74. The number of rotatable bonds is 3. The van der Waals surface area contributed by atoms with Crippen LogP contribution in [0.3, 0.4) is 0 Å². The van der Waals surface area contributed by atoms with E-state index in [4.69, 9.17) is 9.63 Å². The monoisotopic (exact) mass is 220 g/mol. The fourth-order valence-electron chi connectivity index (χ4n) is 1.05. The molecule has 2 heterocycles. The molecule has 0 radical (unpaired) electrons. The minimum Gasteiger partial charge on any atom is -0.481 e. The van der Waals surface area contributed by atoms with Gasteiger partial charge >= 0.3 is 5.97 Å². The summed E-state index contributed by atoms with van der Waals surface area (Å²) in [4.78, 5) is 22.3. The van der Waals surface area contributed by atoms with Crippen LogP contribution in [-0.2, 0) is 11.2 Å². The maximum Gasteiger partial charge on any atom is 0.312 e. The van der Waals surface area contributed by atoms with Gasteiger partial charge in [0.25, 0.3) is 0 Å². The number of aliphatic carboxylic acids is 1. The van der Waals surface area contributed by atoms with E-state index in [0.29, 0.717) is 5.82 Å². The molecule has 0 spiro atoms. The van der Waals surface area contributed by atoms with Crippen LogP contribution in [0.5, 0.6) is 0 Å². The van der Waals surface area contributed by atoms with Crippen LogP contribution in [-0.4, -0.2) is 31.2 Å². The van der Waals surface area contributed by atoms with E-state index in [0.717, 1.165) is 5.56 Å². The number of nitrogens with zero attached hydrogens (tertiary/aromatic N) is 4. The van der Waals surface area contributed by atoms with Gasteiger partial charge in [-0.2, -0.15) is 4.98 Å². The predicted molar refractivity (Wildman–Crippen MR) is 51.4 cm³/mol. The van der Waals surface area contributed by atoms with Gasteiger partial charge in [0.15, 0.2) is 0 Å². The second-order valence-electron chi connectivity index (χ2n) is 3.17. The minimum absolute atomic E-state index is 0.0340. The van der Waals surface area contributed by atoms with Gasteiger partial charge in [-0.05, 0) is 12.5 Å². The van der Waals surface area contributed by atoms with Crippen LogP contribution < -0.4 is 0 Å². The Morgan fingerprint density at radius 2 is 2.06 bits per heavy atom. The number of hydrogen-bond acceptors (Lipinski definition) is 6. The third-order valence-corrected chi connectivity index (χ3v) is 1.75. The number of hydrogen-bond donors (Lipinski definition) is 1. The molecule has 16 heavy (non-hydrogen) atoms. The zero-order chi connectivity index (χ0) is 11.5. The number of carbonyl (C=O) groups is 1. The molecule has 2 aromatic rings. The highest BCUT2D eigenvalue weighted by Crippen LogP contribution is 2.10. The summed E-state index contributed by atoms with van der Waals surface area (Å²) in [6.07, 6.45) is 2.93. The summed E-state index contributed by atoms with van der Waals surface area (Å²) in [6, 6.07) is 0. The van der Waals surface area contributed by atoms with Gasteiger partial charge in [0, 0.05) is 12.4 Å². The molecule has 0 aliphatic heterocycles. The standard InChI is InChI=1S/C9H8N4O3/c1-5-3-10-8(11-4-5)9-12-6(16-13-9)2-7(14)15/h3-4H,2H2,1H3,(H,14,15). The number of aryl methyl sites for hydroxylation is 1. The van der Waals surface area contributed by atoms with Crippen molar-refractivity contribution in [1.29, 1.82) is 0 Å². The van der Waals surface area contributed by atoms with Crippen molar-refractivity contribution in [2.24, 2.45) is 0 Å². The first-order chi connectivity index (χ1) is 7.65. The van der Waals surface area contributed by atoms with Crippen molar-refractivity contribution in [2.45, 2.75) is 13.3 Å². The van der Waals surface area contributed by atoms with Crippen molar-refractivity contribution < 1.29 is 14.4 Å².